The van der Waals surface area contributed by atoms with Gasteiger partial charge >= 0.3 is 12.0 Å². The van der Waals surface area contributed by atoms with E-state index >= 15 is 0 Å². The lowest BCUT2D eigenvalue weighted by atomic mass is 10.2. The molecule has 0 aromatic carbocycles. The van der Waals surface area contributed by atoms with Crippen LogP contribution in [0.15, 0.2) is 0 Å². The number of carbonyl (C=O) groups is 2. The minimum absolute atomic E-state index is 0.0416. The summed E-state index contributed by atoms with van der Waals surface area (Å²) in [7, 11) is 1.63. The zero-order valence-electron chi connectivity index (χ0n) is 13.2. The average Bonchev–Trinajstić information content (AvgIpc) is 2.46. The first-order valence-corrected chi connectivity index (χ1v) is 7.48. The minimum atomic E-state index is -0.779. The molecule has 7 nitrogen and oxygen atoms in total. The largest absolute Gasteiger partial charge is 0.481 e. The lowest BCUT2D eigenvalue weighted by Crippen LogP contribution is -2.55. The summed E-state index contributed by atoms with van der Waals surface area (Å²) in [5.41, 5.74) is 0. The fraction of sp³-hybridized carbons (Fsp3) is 0.857. The number of carboxylic acid groups (broad SMARTS) is 1. The van der Waals surface area contributed by atoms with Crippen molar-refractivity contribution in [1.82, 2.24) is 14.7 Å². The van der Waals surface area contributed by atoms with Gasteiger partial charge in [-0.2, -0.15) is 0 Å². The second-order valence-corrected chi connectivity index (χ2v) is 5.35. The Morgan fingerprint density at radius 2 is 1.90 bits per heavy atom. The van der Waals surface area contributed by atoms with Crippen molar-refractivity contribution in [3.63, 3.8) is 0 Å². The summed E-state index contributed by atoms with van der Waals surface area (Å²) in [5.74, 6) is -0.779. The topological polar surface area (TPSA) is 73.3 Å². The molecule has 0 radical (unpaired) electrons. The first-order chi connectivity index (χ1) is 9.99. The van der Waals surface area contributed by atoms with Crippen molar-refractivity contribution in [2.75, 3.05) is 53.0 Å². The monoisotopic (exact) mass is 301 g/mol. The summed E-state index contributed by atoms with van der Waals surface area (Å²) >= 11 is 0. The molecule has 0 spiro atoms. The first-order valence-electron chi connectivity index (χ1n) is 7.48. The Labute approximate surface area is 126 Å². The van der Waals surface area contributed by atoms with Crippen LogP contribution in [-0.4, -0.2) is 90.8 Å². The fourth-order valence-corrected chi connectivity index (χ4v) is 2.56. The quantitative estimate of drug-likeness (QED) is 0.743. The number of ether oxygens (including phenoxy) is 1. The predicted molar refractivity (Wildman–Crippen MR) is 79.4 cm³/mol. The summed E-state index contributed by atoms with van der Waals surface area (Å²) in [5, 5.41) is 8.69. The van der Waals surface area contributed by atoms with E-state index in [-0.39, 0.29) is 18.5 Å². The van der Waals surface area contributed by atoms with Gasteiger partial charge in [0.15, 0.2) is 0 Å². The molecule has 21 heavy (non-hydrogen) atoms. The number of carboxylic acids is 1. The number of piperazine rings is 1. The van der Waals surface area contributed by atoms with Crippen LogP contribution in [0.2, 0.25) is 0 Å². The summed E-state index contributed by atoms with van der Waals surface area (Å²) < 4.78 is 5.12. The van der Waals surface area contributed by atoms with Crippen molar-refractivity contribution < 1.29 is 19.4 Å². The zero-order valence-corrected chi connectivity index (χ0v) is 13.2. The van der Waals surface area contributed by atoms with Crippen molar-refractivity contribution >= 4 is 12.0 Å². The van der Waals surface area contributed by atoms with E-state index in [1.54, 1.807) is 7.11 Å². The van der Waals surface area contributed by atoms with Gasteiger partial charge in [0.2, 0.25) is 0 Å². The molecule has 1 atom stereocenters. The number of hydrogen-bond donors (Lipinski definition) is 1. The Bertz CT molecular complexity index is 343. The van der Waals surface area contributed by atoms with E-state index in [2.05, 4.69) is 4.90 Å². The molecule has 122 valence electrons. The van der Waals surface area contributed by atoms with Crippen LogP contribution in [0, 0.1) is 0 Å². The van der Waals surface area contributed by atoms with Crippen LogP contribution in [0.1, 0.15) is 20.3 Å². The van der Waals surface area contributed by atoms with Gasteiger partial charge < -0.3 is 19.6 Å². The highest BCUT2D eigenvalue weighted by atomic mass is 16.5. The third kappa shape index (κ3) is 5.51. The van der Waals surface area contributed by atoms with Gasteiger partial charge in [0.1, 0.15) is 0 Å². The van der Waals surface area contributed by atoms with Crippen molar-refractivity contribution in [1.29, 1.82) is 0 Å². The number of methoxy groups -OCH3 is 1. The van der Waals surface area contributed by atoms with Gasteiger partial charge in [0.25, 0.3) is 0 Å². The Kier molecular flexibility index (Phi) is 7.45. The summed E-state index contributed by atoms with van der Waals surface area (Å²) in [6.07, 6.45) is 0.153. The molecule has 1 N–H and O–H groups in total. The number of urea groups is 1. The number of rotatable bonds is 7. The molecule has 0 bridgehead atoms. The smallest absolute Gasteiger partial charge is 0.320 e. The van der Waals surface area contributed by atoms with Gasteiger partial charge in [-0.3, -0.25) is 9.69 Å². The Morgan fingerprint density at radius 3 is 2.38 bits per heavy atom. The molecule has 1 saturated heterocycles. The van der Waals surface area contributed by atoms with Crippen LogP contribution in [0.25, 0.3) is 0 Å². The molecule has 2 amide bonds. The van der Waals surface area contributed by atoms with Crippen molar-refractivity contribution in [3.05, 3.63) is 0 Å². The van der Waals surface area contributed by atoms with Crippen LogP contribution < -0.4 is 0 Å². The molecule has 0 aromatic heterocycles. The van der Waals surface area contributed by atoms with Crippen LogP contribution in [0.5, 0.6) is 0 Å². The maximum absolute atomic E-state index is 12.5. The molecule has 1 unspecified atom stereocenters. The average molecular weight is 301 g/mol. The van der Waals surface area contributed by atoms with Gasteiger partial charge in [-0.15, -0.1) is 0 Å². The summed E-state index contributed by atoms with van der Waals surface area (Å²) in [6.45, 7) is 8.44. The maximum atomic E-state index is 12.5. The van der Waals surface area contributed by atoms with Crippen LogP contribution in [-0.2, 0) is 9.53 Å². The molecule has 0 aliphatic carbocycles. The SMILES string of the molecule is CCN(C(=O)N1CCN(CCC(=O)O)CC1)C(C)COC. The lowest BCUT2D eigenvalue weighted by molar-refractivity contribution is -0.137. The summed E-state index contributed by atoms with van der Waals surface area (Å²) in [6, 6.07) is 0.0949. The highest BCUT2D eigenvalue weighted by Gasteiger charge is 2.27. The van der Waals surface area contributed by atoms with Crippen molar-refractivity contribution in [3.8, 4) is 0 Å². The number of hydrogen-bond acceptors (Lipinski definition) is 4. The van der Waals surface area contributed by atoms with Crippen molar-refractivity contribution in [2.24, 2.45) is 0 Å². The maximum Gasteiger partial charge on any atom is 0.320 e. The van der Waals surface area contributed by atoms with E-state index in [4.69, 9.17) is 9.84 Å². The minimum Gasteiger partial charge on any atom is -0.481 e. The number of nitrogens with zero attached hydrogens (tertiary/aromatic N) is 3. The predicted octanol–water partition coefficient (Wildman–Crippen LogP) is 0.556. The van der Waals surface area contributed by atoms with Gasteiger partial charge in [0.05, 0.1) is 19.1 Å². The molecule has 1 fully saturated rings. The number of carbonyl (C=O) groups excluding carboxylic acids is 1. The fourth-order valence-electron chi connectivity index (χ4n) is 2.56. The van der Waals surface area contributed by atoms with E-state index in [1.165, 1.54) is 0 Å². The van der Waals surface area contributed by atoms with Gasteiger partial charge in [-0.1, -0.05) is 0 Å². The molecule has 0 aromatic rings. The molecule has 1 aliphatic rings. The Balaban J connectivity index is 2.44. The third-order valence-corrected chi connectivity index (χ3v) is 3.81. The molecule has 7 heteroatoms. The number of amides is 2. The highest BCUT2D eigenvalue weighted by Crippen LogP contribution is 2.09. The second kappa shape index (κ2) is 8.84. The van der Waals surface area contributed by atoms with E-state index in [0.717, 1.165) is 13.1 Å². The molecule has 0 saturated carbocycles. The molecular formula is C14H27N3O4. The highest BCUT2D eigenvalue weighted by molar-refractivity contribution is 5.75. The molecule has 1 heterocycles. The van der Waals surface area contributed by atoms with E-state index in [9.17, 15) is 9.59 Å². The van der Waals surface area contributed by atoms with E-state index < -0.39 is 5.97 Å². The normalized spacial score (nSPS) is 17.6. The second-order valence-electron chi connectivity index (χ2n) is 5.35. The van der Waals surface area contributed by atoms with Crippen molar-refractivity contribution in [2.45, 2.75) is 26.3 Å². The van der Waals surface area contributed by atoms with Crippen LogP contribution in [0.3, 0.4) is 0 Å². The molecular weight excluding hydrogens is 274 g/mol. The number of likely N-dealkylation sites (N-methyl/N-ethyl adjacent to an activating group) is 1. The Morgan fingerprint density at radius 1 is 1.29 bits per heavy atom. The van der Waals surface area contributed by atoms with Crippen LogP contribution in [0.4, 0.5) is 4.79 Å². The van der Waals surface area contributed by atoms with E-state index in [1.807, 2.05) is 23.6 Å². The first kappa shape index (κ1) is 17.7. The zero-order chi connectivity index (χ0) is 15.8. The molecule has 1 aliphatic heterocycles. The Hall–Kier alpha value is -1.34. The number of aliphatic carboxylic acids is 1. The van der Waals surface area contributed by atoms with Gasteiger partial charge in [-0.05, 0) is 13.8 Å². The third-order valence-electron chi connectivity index (χ3n) is 3.81. The van der Waals surface area contributed by atoms with Gasteiger partial charge in [-0.25, -0.2) is 4.79 Å². The standard InChI is InChI=1S/C14H27N3O4/c1-4-17(12(2)11-21-3)14(20)16-9-7-15(8-10-16)6-5-13(18)19/h12H,4-11H2,1-3H3,(H,18,19). The van der Waals surface area contributed by atoms with Gasteiger partial charge in [0, 0.05) is 46.4 Å². The lowest BCUT2D eigenvalue weighted by Gasteiger charge is -2.38. The summed E-state index contributed by atoms with van der Waals surface area (Å²) in [4.78, 5) is 28.8. The van der Waals surface area contributed by atoms with Crippen LogP contribution >= 0.6 is 0 Å². The van der Waals surface area contributed by atoms with E-state index in [0.29, 0.717) is 32.8 Å². The molecule has 1 rings (SSSR count).